The summed E-state index contributed by atoms with van der Waals surface area (Å²) in [5, 5.41) is 8.62. The molecule has 2 aliphatic rings. The van der Waals surface area contributed by atoms with Crippen molar-refractivity contribution >= 4 is 93.6 Å². The van der Waals surface area contributed by atoms with Gasteiger partial charge in [0.05, 0.1) is 40.3 Å². The van der Waals surface area contributed by atoms with E-state index in [4.69, 9.17) is 27.0 Å². The van der Waals surface area contributed by atoms with Gasteiger partial charge in [-0.3, -0.25) is 0 Å². The minimum atomic E-state index is -3.49. The van der Waals surface area contributed by atoms with E-state index in [2.05, 4.69) is 201 Å². The molecule has 0 bridgehead atoms. The fourth-order valence-electron chi connectivity index (χ4n) is 14.9. The molecule has 19 rings (SSSR count). The van der Waals surface area contributed by atoms with Gasteiger partial charge in [0.1, 0.15) is 5.58 Å². The van der Waals surface area contributed by atoms with Crippen LogP contribution in [0.25, 0.3) is 123 Å². The van der Waals surface area contributed by atoms with Crippen molar-refractivity contribution in [3.05, 3.63) is 338 Å². The fraction of sp³-hybridized carbons (Fsp3) is 0.210. The average Bonchev–Trinajstić information content (AvgIpc) is 1.56. The molecule has 1 saturated carbocycles. The number of nitrogens with zero attached hydrogens (tertiary/aromatic N) is 7. The molecule has 0 spiro atoms. The van der Waals surface area contributed by atoms with Crippen LogP contribution in [0.3, 0.4) is 0 Å². The standard InChI is InChI=1S/C25H26NO2SSi.C24H27N2OSi.C20H18NOSi.3C12H10N.3Ir/c1-30(2,3)25-16-26-22(15-21(25)17-8-4-5-9-17)18-12-13-20-19-10-6-7-11-23(19)29(27,28)24(20)14-18;1-15(2)11-18-13-21(25-14-23(18)28(4,5)6)17-8-10-22-20(12-17)19-9-7-16(3)26-24(19)27-22;1-23(2,3)15-9-10-18(21-13-15)14-8-11-20-17(12-14)16-6-4-5-7-19(16)22-20;1-10-7-8-13-12(9-10)11-5-3-2-4-6-11;2*1-10-7-8-12(13-9-10)11-5-3-2-4-6-11;;;/h6-7,10-11,13-17H,4-5,8-9H2,1-3H3;7,9-10,12-15H,11H2,1-6H3;4-7,9-13H,1-3H3;3*2-5,7-9H,1H3;;;/q6*-1;;;/i;;;2*1D3;;;;. The molecule has 0 N–H and O–H groups in total. The zero-order valence-corrected chi connectivity index (χ0v) is 82.3. The Kier molecular flexibility index (Phi) is 28.5. The quantitative estimate of drug-likeness (QED) is 0.0849. The zero-order chi connectivity index (χ0) is 89.5. The zero-order valence-electron chi connectivity index (χ0n) is 77.3. The summed E-state index contributed by atoms with van der Waals surface area (Å²) < 4.78 is 81.6. The first-order valence-corrected chi connectivity index (χ1v) is 52.7. The van der Waals surface area contributed by atoms with Crippen LogP contribution in [0.4, 0.5) is 0 Å². The molecule has 1 aliphatic heterocycles. The Balaban J connectivity index is 0.000000153. The third-order valence-corrected chi connectivity index (χ3v) is 29.2. The monoisotopic (exact) mass is 2220 g/mol. The number of para-hydroxylation sites is 1. The molecule has 631 valence electrons. The van der Waals surface area contributed by atoms with E-state index < -0.39 is 47.8 Å². The van der Waals surface area contributed by atoms with Gasteiger partial charge in [-0.25, -0.2) is 13.4 Å². The van der Waals surface area contributed by atoms with Gasteiger partial charge >= 0.3 is 0 Å². The van der Waals surface area contributed by atoms with Crippen LogP contribution in [-0.2, 0) is 76.6 Å². The molecule has 1 fully saturated rings. The van der Waals surface area contributed by atoms with Gasteiger partial charge in [-0.15, -0.1) is 179 Å². The molecule has 0 amide bonds. The van der Waals surface area contributed by atoms with Gasteiger partial charge < -0.3 is 38.7 Å². The first kappa shape index (κ1) is 85.1. The molecule has 123 heavy (non-hydrogen) atoms. The second-order valence-corrected chi connectivity index (χ2v) is 51.0. The number of sulfone groups is 1. The minimum Gasteiger partial charge on any atom is -0.500 e. The molecule has 0 saturated heterocycles. The van der Waals surface area contributed by atoms with Gasteiger partial charge in [-0.1, -0.05) is 210 Å². The van der Waals surface area contributed by atoms with E-state index in [-0.39, 0.29) is 65.9 Å². The number of aryl methyl sites for hydroxylation is 4. The van der Waals surface area contributed by atoms with Crippen molar-refractivity contribution in [2.75, 3.05) is 0 Å². The number of aromatic nitrogens is 7. The number of fused-ring (bicyclic) bond motifs is 9. The predicted octanol–water partition coefficient (Wildman–Crippen LogP) is 25.0. The molecule has 8 aromatic carbocycles. The van der Waals surface area contributed by atoms with E-state index in [0.29, 0.717) is 38.6 Å². The van der Waals surface area contributed by atoms with Crippen LogP contribution in [0.5, 0.6) is 0 Å². The third-order valence-electron chi connectivity index (χ3n) is 21.2. The molecule has 18 heteroatoms. The van der Waals surface area contributed by atoms with Crippen molar-refractivity contribution in [3.8, 4) is 78.7 Å². The summed E-state index contributed by atoms with van der Waals surface area (Å²) in [5.74, 6) is 1.21. The number of hydrogen-bond acceptors (Lipinski definition) is 11. The Bertz CT molecular complexity index is 6810. The minimum absolute atomic E-state index is 0. The Labute approximate surface area is 778 Å². The number of benzene rings is 8. The smallest absolute Gasteiger partial charge is 0.216 e. The van der Waals surface area contributed by atoms with E-state index in [0.717, 1.165) is 123 Å². The molecule has 10 heterocycles. The van der Waals surface area contributed by atoms with E-state index >= 15 is 0 Å². The summed E-state index contributed by atoms with van der Waals surface area (Å²) in [6.45, 7) is 25.6. The van der Waals surface area contributed by atoms with Gasteiger partial charge in [0.2, 0.25) is 5.71 Å². The van der Waals surface area contributed by atoms with E-state index in [9.17, 15) is 8.42 Å². The van der Waals surface area contributed by atoms with E-state index in [1.54, 1.807) is 48.5 Å². The molecule has 17 aromatic rings. The van der Waals surface area contributed by atoms with Crippen LogP contribution in [0, 0.1) is 69.9 Å². The van der Waals surface area contributed by atoms with E-state index in [1.165, 1.54) is 76.4 Å². The molecule has 0 atom stereocenters. The first-order valence-electron chi connectivity index (χ1n) is 43.7. The molecule has 9 aromatic heterocycles. The second-order valence-electron chi connectivity index (χ2n) is 33.9. The van der Waals surface area contributed by atoms with Gasteiger partial charge in [0.25, 0.3) is 0 Å². The van der Waals surface area contributed by atoms with Gasteiger partial charge in [-0.2, -0.15) is 0 Å². The average molecular weight is 2220 g/mol. The van der Waals surface area contributed by atoms with Crippen LogP contribution >= 0.6 is 0 Å². The number of furan rings is 2. The van der Waals surface area contributed by atoms with Crippen molar-refractivity contribution in [3.63, 3.8) is 0 Å². The van der Waals surface area contributed by atoms with Crippen molar-refractivity contribution in [2.24, 2.45) is 5.92 Å². The van der Waals surface area contributed by atoms with Crippen molar-refractivity contribution in [2.45, 2.75) is 148 Å². The summed E-state index contributed by atoms with van der Waals surface area (Å²) in [6.07, 6.45) is 17.1. The fourth-order valence-corrected chi connectivity index (χ4v) is 20.8. The number of rotatable bonds is 12. The van der Waals surface area contributed by atoms with Gasteiger partial charge in [0.15, 0.2) is 9.84 Å². The van der Waals surface area contributed by atoms with Gasteiger partial charge in [-0.05, 0) is 160 Å². The normalized spacial score (nSPS) is 13.5. The molecule has 1 aliphatic carbocycles. The summed E-state index contributed by atoms with van der Waals surface area (Å²) >= 11 is 0. The second kappa shape index (κ2) is 41.2. The molecular weight excluding hydrogens is 2120 g/mol. The third kappa shape index (κ3) is 22.9. The predicted molar refractivity (Wildman–Crippen MR) is 502 cm³/mol. The summed E-state index contributed by atoms with van der Waals surface area (Å²) in [7, 11) is -7.77. The topological polar surface area (TPSA) is 151 Å². The summed E-state index contributed by atoms with van der Waals surface area (Å²) in [5.41, 5.74) is 20.9. The van der Waals surface area contributed by atoms with Crippen molar-refractivity contribution in [1.82, 2.24) is 34.9 Å². The summed E-state index contributed by atoms with van der Waals surface area (Å²) in [4.78, 5) is 32.1. The molecule has 3 radical (unpaired) electrons. The van der Waals surface area contributed by atoms with Crippen LogP contribution < -0.4 is 15.6 Å². The Morgan fingerprint density at radius 3 is 1.53 bits per heavy atom. The SMILES string of the molecule is C[Si](C)(C)c1ccc(-c2[c-]cc3oc4ccccc4c3c2)nc1.C[Si](C)(C)c1cnc(-c2[c-]cc3c(c2)S(=O)(=O)c2ccccc2-3)cc1C1CCCC1.Cc1ccc(-c2[c-]cccc2)nc1.Cc1ccc2c(n1)oc1c[c-]c(-c3cc(CC(C)C)c([Si](C)(C)C)cn3)cc12.[2H]C([2H])([2H])c1ccc(-c2[c-]cccc2)nc1.[2H]C([2H])([2H])c1ccnc(-c2[c-]cccc2)c1.[Ir].[Ir].[Ir]. The maximum absolute atomic E-state index is 13.1. The Morgan fingerprint density at radius 2 is 0.943 bits per heavy atom. The van der Waals surface area contributed by atoms with Crippen molar-refractivity contribution < 1.29 is 85.8 Å². The molecular formula is C105H101Ir3N7O4SSi3-6. The van der Waals surface area contributed by atoms with Crippen LogP contribution in [0.2, 0.25) is 58.9 Å². The van der Waals surface area contributed by atoms with Crippen LogP contribution in [0.15, 0.2) is 286 Å². The Morgan fingerprint density at radius 1 is 0.423 bits per heavy atom. The molecule has 0 unspecified atom stereocenters. The summed E-state index contributed by atoms with van der Waals surface area (Å²) in [6, 6.07) is 92.2. The maximum atomic E-state index is 13.1. The number of pyridine rings is 7. The van der Waals surface area contributed by atoms with E-state index in [1.807, 2.05) is 148 Å². The first-order chi connectivity index (χ1) is 60.0. The van der Waals surface area contributed by atoms with Crippen molar-refractivity contribution in [1.29, 1.82) is 0 Å². The van der Waals surface area contributed by atoms with Crippen LogP contribution in [0.1, 0.15) is 87.2 Å². The van der Waals surface area contributed by atoms with Crippen LogP contribution in [-0.4, -0.2) is 67.5 Å². The number of hydrogen-bond donors (Lipinski definition) is 0. The Hall–Kier alpha value is -10.0. The van der Waals surface area contributed by atoms with Gasteiger partial charge in [0, 0.05) is 122 Å². The maximum Gasteiger partial charge on any atom is 0.216 e. The molecule has 11 nitrogen and oxygen atoms in total. The largest absolute Gasteiger partial charge is 0.500 e.